The van der Waals surface area contributed by atoms with Crippen molar-refractivity contribution in [3.05, 3.63) is 59.9 Å². The van der Waals surface area contributed by atoms with Gasteiger partial charge in [-0.15, -0.1) is 10.2 Å². The Labute approximate surface area is 178 Å². The Hall–Kier alpha value is -3.07. The van der Waals surface area contributed by atoms with Crippen molar-refractivity contribution in [3.8, 4) is 11.4 Å². The van der Waals surface area contributed by atoms with E-state index in [9.17, 15) is 9.18 Å². The number of anilines is 1. The van der Waals surface area contributed by atoms with Crippen LogP contribution in [-0.2, 0) is 4.79 Å². The predicted molar refractivity (Wildman–Crippen MR) is 116 cm³/mol. The second-order valence-corrected chi connectivity index (χ2v) is 8.12. The Bertz CT molecular complexity index is 1030. The van der Waals surface area contributed by atoms with Crippen molar-refractivity contribution in [1.29, 1.82) is 0 Å². The first kappa shape index (κ1) is 20.2. The molecule has 0 radical (unpaired) electrons. The number of benzene rings is 2. The van der Waals surface area contributed by atoms with Crippen molar-refractivity contribution in [2.45, 2.75) is 12.1 Å². The number of hydrogen-bond donors (Lipinski definition) is 1. The highest BCUT2D eigenvalue weighted by Crippen LogP contribution is 2.23. The van der Waals surface area contributed by atoms with E-state index in [0.717, 1.165) is 13.1 Å². The summed E-state index contributed by atoms with van der Waals surface area (Å²) in [6.45, 7) is 5.06. The number of amides is 1. The first-order valence-electron chi connectivity index (χ1n) is 9.70. The quantitative estimate of drug-likeness (QED) is 0.499. The molecule has 1 aliphatic rings. The van der Waals surface area contributed by atoms with Crippen molar-refractivity contribution in [2.24, 2.45) is 0 Å². The molecule has 7 nitrogen and oxygen atoms in total. The number of aromatic nitrogens is 3. The van der Waals surface area contributed by atoms with Crippen LogP contribution >= 0.6 is 11.8 Å². The highest BCUT2D eigenvalue weighted by Gasteiger charge is 2.22. The number of halogens is 1. The zero-order valence-electron chi connectivity index (χ0n) is 16.7. The van der Waals surface area contributed by atoms with Gasteiger partial charge in [-0.25, -0.2) is 9.07 Å². The van der Waals surface area contributed by atoms with Gasteiger partial charge < -0.3 is 15.6 Å². The van der Waals surface area contributed by atoms with E-state index in [2.05, 4.69) is 46.3 Å². The van der Waals surface area contributed by atoms with Gasteiger partial charge in [-0.2, -0.15) is 0 Å². The largest absolute Gasteiger partial charge is 0.368 e. The van der Waals surface area contributed by atoms with Crippen LogP contribution in [0.5, 0.6) is 0 Å². The Morgan fingerprint density at radius 1 is 1.10 bits per heavy atom. The lowest BCUT2D eigenvalue weighted by Gasteiger charge is -2.36. The fraction of sp³-hybridized carbons (Fsp3) is 0.286. The number of nitrogen functional groups attached to an aromatic ring is 1. The molecule has 1 fully saturated rings. The van der Waals surface area contributed by atoms with Gasteiger partial charge in [-0.05, 0) is 48.9 Å². The summed E-state index contributed by atoms with van der Waals surface area (Å²) in [5, 5.41) is 8.59. The Balaban J connectivity index is 1.32. The molecule has 4 rings (SSSR count). The van der Waals surface area contributed by atoms with E-state index in [4.69, 9.17) is 5.84 Å². The molecule has 0 atom stereocenters. The van der Waals surface area contributed by atoms with Gasteiger partial charge in [0.05, 0.1) is 5.75 Å². The van der Waals surface area contributed by atoms with E-state index < -0.39 is 0 Å². The number of thioether (sulfide) groups is 1. The first-order chi connectivity index (χ1) is 14.5. The standard InChI is InChI=1S/C21H23FN6OS/c1-15-3-2-4-18(13-15)26-9-11-27(12-10-26)19(29)14-30-21-25-24-20(28(21)23)16-5-7-17(22)8-6-16/h2-8,13H,9-12,14,23H2,1H3. The van der Waals surface area contributed by atoms with Crippen LogP contribution in [0.4, 0.5) is 10.1 Å². The van der Waals surface area contributed by atoms with Crippen molar-refractivity contribution in [3.63, 3.8) is 0 Å². The fourth-order valence-electron chi connectivity index (χ4n) is 3.43. The number of nitrogens with zero attached hydrogens (tertiary/aromatic N) is 5. The van der Waals surface area contributed by atoms with E-state index in [1.54, 1.807) is 12.1 Å². The number of nitrogens with two attached hydrogens (primary N) is 1. The average Bonchev–Trinajstić information content (AvgIpc) is 3.13. The third-order valence-corrected chi connectivity index (χ3v) is 6.02. The molecular formula is C21H23FN6OS. The number of piperazine rings is 1. The third kappa shape index (κ3) is 4.40. The summed E-state index contributed by atoms with van der Waals surface area (Å²) in [6, 6.07) is 14.3. The molecule has 3 aromatic rings. The maximum atomic E-state index is 13.1. The zero-order valence-corrected chi connectivity index (χ0v) is 17.5. The van der Waals surface area contributed by atoms with Gasteiger partial charge in [-0.3, -0.25) is 4.79 Å². The second kappa shape index (κ2) is 8.74. The lowest BCUT2D eigenvalue weighted by Crippen LogP contribution is -2.49. The van der Waals surface area contributed by atoms with Gasteiger partial charge >= 0.3 is 0 Å². The van der Waals surface area contributed by atoms with Crippen LogP contribution in [0.15, 0.2) is 53.7 Å². The summed E-state index contributed by atoms with van der Waals surface area (Å²) in [5.74, 6) is 6.47. The summed E-state index contributed by atoms with van der Waals surface area (Å²) >= 11 is 1.25. The molecule has 1 amide bonds. The Kier molecular flexibility index (Phi) is 5.89. The molecule has 0 saturated carbocycles. The van der Waals surface area contributed by atoms with Gasteiger partial charge in [0.25, 0.3) is 0 Å². The molecule has 0 aliphatic carbocycles. The number of rotatable bonds is 5. The van der Waals surface area contributed by atoms with Crippen LogP contribution in [0, 0.1) is 12.7 Å². The van der Waals surface area contributed by atoms with Crippen LogP contribution in [-0.4, -0.2) is 57.6 Å². The summed E-state index contributed by atoms with van der Waals surface area (Å²) < 4.78 is 14.4. The highest BCUT2D eigenvalue weighted by molar-refractivity contribution is 7.99. The van der Waals surface area contributed by atoms with E-state index in [-0.39, 0.29) is 17.5 Å². The Morgan fingerprint density at radius 3 is 2.53 bits per heavy atom. The number of aryl methyl sites for hydroxylation is 1. The molecule has 1 aromatic heterocycles. The molecule has 0 unspecified atom stereocenters. The topological polar surface area (TPSA) is 80.3 Å². The zero-order chi connectivity index (χ0) is 21.1. The molecule has 0 bridgehead atoms. The van der Waals surface area contributed by atoms with Crippen molar-refractivity contribution < 1.29 is 9.18 Å². The van der Waals surface area contributed by atoms with Gasteiger partial charge in [0.2, 0.25) is 11.1 Å². The minimum Gasteiger partial charge on any atom is -0.368 e. The molecule has 1 aliphatic heterocycles. The maximum absolute atomic E-state index is 13.1. The summed E-state index contributed by atoms with van der Waals surface area (Å²) in [4.78, 5) is 16.8. The van der Waals surface area contributed by atoms with Gasteiger partial charge in [0.15, 0.2) is 5.82 Å². The highest BCUT2D eigenvalue weighted by atomic mass is 32.2. The van der Waals surface area contributed by atoms with Crippen molar-refractivity contribution in [2.75, 3.05) is 42.7 Å². The molecule has 0 spiro atoms. The first-order valence-corrected chi connectivity index (χ1v) is 10.7. The number of hydrogen-bond acceptors (Lipinski definition) is 6. The summed E-state index contributed by atoms with van der Waals surface area (Å²) in [6.07, 6.45) is 0. The predicted octanol–water partition coefficient (Wildman–Crippen LogP) is 2.55. The van der Waals surface area contributed by atoms with Gasteiger partial charge in [0.1, 0.15) is 5.82 Å². The molecule has 2 aromatic carbocycles. The summed E-state index contributed by atoms with van der Waals surface area (Å²) in [5.41, 5.74) is 3.09. The number of carbonyl (C=O) groups is 1. The normalized spacial score (nSPS) is 14.2. The molecule has 9 heteroatoms. The van der Waals surface area contributed by atoms with E-state index in [1.807, 2.05) is 4.90 Å². The van der Waals surface area contributed by atoms with Crippen LogP contribution in [0.1, 0.15) is 5.56 Å². The Morgan fingerprint density at radius 2 is 1.83 bits per heavy atom. The second-order valence-electron chi connectivity index (χ2n) is 7.18. The molecule has 2 heterocycles. The monoisotopic (exact) mass is 426 g/mol. The van der Waals surface area contributed by atoms with Crippen LogP contribution in [0.2, 0.25) is 0 Å². The minimum absolute atomic E-state index is 0.0511. The lowest BCUT2D eigenvalue weighted by atomic mass is 10.2. The van der Waals surface area contributed by atoms with Crippen LogP contribution in [0.3, 0.4) is 0 Å². The average molecular weight is 427 g/mol. The van der Waals surface area contributed by atoms with Gasteiger partial charge in [-0.1, -0.05) is 23.9 Å². The van der Waals surface area contributed by atoms with Crippen molar-refractivity contribution in [1.82, 2.24) is 19.8 Å². The third-order valence-electron chi connectivity index (χ3n) is 5.09. The van der Waals surface area contributed by atoms with Crippen molar-refractivity contribution >= 4 is 23.4 Å². The lowest BCUT2D eigenvalue weighted by molar-refractivity contribution is -0.128. The van der Waals surface area contributed by atoms with Crippen LogP contribution < -0.4 is 10.7 Å². The minimum atomic E-state index is -0.329. The SMILES string of the molecule is Cc1cccc(N2CCN(C(=O)CSc3nnc(-c4ccc(F)cc4)n3N)CC2)c1. The van der Waals surface area contributed by atoms with Gasteiger partial charge in [0, 0.05) is 37.4 Å². The molecular weight excluding hydrogens is 403 g/mol. The molecule has 2 N–H and O–H groups in total. The molecule has 1 saturated heterocycles. The molecule has 156 valence electrons. The summed E-state index contributed by atoms with van der Waals surface area (Å²) in [7, 11) is 0. The maximum Gasteiger partial charge on any atom is 0.233 e. The van der Waals surface area contributed by atoms with E-state index in [0.29, 0.717) is 29.6 Å². The van der Waals surface area contributed by atoms with Crippen LogP contribution in [0.25, 0.3) is 11.4 Å². The van der Waals surface area contributed by atoms with E-state index >= 15 is 0 Å². The number of carbonyl (C=O) groups excluding carboxylic acids is 1. The molecule has 30 heavy (non-hydrogen) atoms. The fourth-order valence-corrected chi connectivity index (χ4v) is 4.19. The van der Waals surface area contributed by atoms with E-state index in [1.165, 1.54) is 39.8 Å². The smallest absolute Gasteiger partial charge is 0.233 e.